The molecule has 1 heterocycles. The van der Waals surface area contributed by atoms with Gasteiger partial charge in [0.05, 0.1) is 12.2 Å². The van der Waals surface area contributed by atoms with E-state index in [9.17, 15) is 9.18 Å². The first kappa shape index (κ1) is 19.2. The van der Waals surface area contributed by atoms with Crippen molar-refractivity contribution in [2.75, 3.05) is 13.7 Å². The van der Waals surface area contributed by atoms with Crippen LogP contribution in [0.15, 0.2) is 54.6 Å². The van der Waals surface area contributed by atoms with Gasteiger partial charge >= 0.3 is 5.97 Å². The first-order valence-electron chi connectivity index (χ1n) is 9.66. The van der Waals surface area contributed by atoms with Gasteiger partial charge in [-0.2, -0.15) is 0 Å². The summed E-state index contributed by atoms with van der Waals surface area (Å²) in [5, 5.41) is 5.83. The summed E-state index contributed by atoms with van der Waals surface area (Å²) in [5.74, 6) is -0.575. The number of fused-ring (bicyclic) bond motifs is 2. The Bertz CT molecular complexity index is 1230. The molecular weight excluding hydrogens is 367 g/mol. The number of nitrogens with one attached hydrogen (secondary N) is 1. The fourth-order valence-electron chi connectivity index (χ4n) is 3.96. The summed E-state index contributed by atoms with van der Waals surface area (Å²) in [6.45, 7) is 2.68. The van der Waals surface area contributed by atoms with Gasteiger partial charge in [0.2, 0.25) is 0 Å². The van der Waals surface area contributed by atoms with Crippen LogP contribution in [0.1, 0.15) is 23.0 Å². The molecule has 4 rings (SSSR count). The summed E-state index contributed by atoms with van der Waals surface area (Å²) >= 11 is 0. The molecule has 0 bridgehead atoms. The van der Waals surface area contributed by atoms with Gasteiger partial charge < -0.3 is 14.6 Å². The molecule has 0 fully saturated rings. The zero-order chi connectivity index (χ0) is 20.5. The van der Waals surface area contributed by atoms with Crippen molar-refractivity contribution in [1.29, 1.82) is 0 Å². The fraction of sp³-hybridized carbons (Fsp3) is 0.208. The van der Waals surface area contributed by atoms with Crippen LogP contribution in [-0.4, -0.2) is 24.2 Å². The highest BCUT2D eigenvalue weighted by molar-refractivity contribution is 6.07. The van der Waals surface area contributed by atoms with E-state index in [-0.39, 0.29) is 11.8 Å². The molecule has 1 N–H and O–H groups in total. The van der Waals surface area contributed by atoms with Crippen molar-refractivity contribution in [1.82, 2.24) is 9.88 Å². The van der Waals surface area contributed by atoms with E-state index in [4.69, 9.17) is 4.74 Å². The van der Waals surface area contributed by atoms with Crippen molar-refractivity contribution in [3.05, 3.63) is 71.7 Å². The van der Waals surface area contributed by atoms with Crippen molar-refractivity contribution >= 4 is 27.6 Å². The van der Waals surface area contributed by atoms with E-state index in [1.54, 1.807) is 19.1 Å². The molecule has 3 aromatic carbocycles. The average molecular weight is 390 g/mol. The summed E-state index contributed by atoms with van der Waals surface area (Å²) < 4.78 is 21.2. The van der Waals surface area contributed by atoms with Gasteiger partial charge in [-0.05, 0) is 54.1 Å². The maximum atomic E-state index is 13.9. The van der Waals surface area contributed by atoms with Crippen molar-refractivity contribution in [3.8, 4) is 11.1 Å². The van der Waals surface area contributed by atoms with Gasteiger partial charge in [0.25, 0.3) is 0 Å². The lowest BCUT2D eigenvalue weighted by Crippen LogP contribution is -2.14. The highest BCUT2D eigenvalue weighted by atomic mass is 19.1. The first-order valence-corrected chi connectivity index (χ1v) is 9.66. The van der Waals surface area contributed by atoms with Crippen LogP contribution in [0.5, 0.6) is 0 Å². The molecule has 0 atom stereocenters. The molecule has 4 aromatic rings. The molecule has 0 aliphatic rings. The third-order valence-corrected chi connectivity index (χ3v) is 5.30. The summed E-state index contributed by atoms with van der Waals surface area (Å²) in [6.07, 6.45) is 0. The zero-order valence-corrected chi connectivity index (χ0v) is 16.8. The average Bonchev–Trinajstić information content (AvgIpc) is 2.99. The highest BCUT2D eigenvalue weighted by Crippen LogP contribution is 2.34. The number of hydrogen-bond donors (Lipinski definition) is 1. The predicted octanol–water partition coefficient (Wildman–Crippen LogP) is 5.03. The molecule has 5 heteroatoms. The van der Waals surface area contributed by atoms with Gasteiger partial charge in [-0.1, -0.05) is 36.4 Å². The number of carbonyl (C=O) groups is 1. The van der Waals surface area contributed by atoms with Gasteiger partial charge in [0.15, 0.2) is 0 Å². The molecule has 148 valence electrons. The Morgan fingerprint density at radius 2 is 1.93 bits per heavy atom. The maximum Gasteiger partial charge on any atom is 0.340 e. The van der Waals surface area contributed by atoms with Crippen LogP contribution in [0, 0.1) is 5.82 Å². The summed E-state index contributed by atoms with van der Waals surface area (Å²) in [5.41, 5.74) is 4.33. The smallest absolute Gasteiger partial charge is 0.340 e. The Hall–Kier alpha value is -3.18. The van der Waals surface area contributed by atoms with Crippen molar-refractivity contribution in [2.45, 2.75) is 13.5 Å². The molecular formula is C24H23FN2O2. The summed E-state index contributed by atoms with van der Waals surface area (Å²) in [4.78, 5) is 12.6. The Morgan fingerprint density at radius 1 is 1.10 bits per heavy atom. The molecule has 0 aliphatic carbocycles. The minimum atomic E-state index is -0.316. The van der Waals surface area contributed by atoms with Crippen molar-refractivity contribution in [3.63, 3.8) is 0 Å². The SMILES string of the molecule is CCOC(=O)c1c(CNC)n(C)c2cc(-c3cccc4ccc(F)cc34)ccc12. The van der Waals surface area contributed by atoms with Crippen molar-refractivity contribution in [2.24, 2.45) is 7.05 Å². The number of halogens is 1. The van der Waals surface area contributed by atoms with Crippen LogP contribution in [0.2, 0.25) is 0 Å². The monoisotopic (exact) mass is 390 g/mol. The number of benzene rings is 3. The van der Waals surface area contributed by atoms with Gasteiger partial charge in [-0.15, -0.1) is 0 Å². The third kappa shape index (κ3) is 3.28. The lowest BCUT2D eigenvalue weighted by atomic mass is 9.97. The molecule has 0 unspecified atom stereocenters. The quantitative estimate of drug-likeness (QED) is 0.486. The third-order valence-electron chi connectivity index (χ3n) is 5.30. The number of esters is 1. The van der Waals surface area contributed by atoms with E-state index < -0.39 is 0 Å². The van der Waals surface area contributed by atoms with Gasteiger partial charge in [-0.25, -0.2) is 9.18 Å². The van der Waals surface area contributed by atoms with Crippen molar-refractivity contribution < 1.29 is 13.9 Å². The van der Waals surface area contributed by atoms with Gasteiger partial charge in [0, 0.05) is 30.2 Å². The van der Waals surface area contributed by atoms with Crippen LogP contribution in [-0.2, 0) is 18.3 Å². The molecule has 4 nitrogen and oxygen atoms in total. The van der Waals surface area contributed by atoms with Crippen LogP contribution in [0.4, 0.5) is 4.39 Å². The predicted molar refractivity (Wildman–Crippen MR) is 115 cm³/mol. The van der Waals surface area contributed by atoms with E-state index in [1.165, 1.54) is 6.07 Å². The normalized spacial score (nSPS) is 11.3. The second kappa shape index (κ2) is 7.68. The number of carbonyl (C=O) groups excluding carboxylic acids is 1. The van der Waals surface area contributed by atoms with E-state index in [2.05, 4.69) is 11.4 Å². The number of nitrogens with zero attached hydrogens (tertiary/aromatic N) is 1. The van der Waals surface area contributed by atoms with E-state index in [0.717, 1.165) is 38.5 Å². The lowest BCUT2D eigenvalue weighted by molar-refractivity contribution is 0.0527. The minimum absolute atomic E-state index is 0.259. The lowest BCUT2D eigenvalue weighted by Gasteiger charge is -2.09. The second-order valence-corrected chi connectivity index (χ2v) is 7.03. The largest absolute Gasteiger partial charge is 0.462 e. The summed E-state index contributed by atoms with van der Waals surface area (Å²) in [6, 6.07) is 16.8. The number of ether oxygens (including phenoxy) is 1. The van der Waals surface area contributed by atoms with Crippen LogP contribution in [0.25, 0.3) is 32.8 Å². The maximum absolute atomic E-state index is 13.9. The zero-order valence-electron chi connectivity index (χ0n) is 16.8. The molecule has 0 saturated heterocycles. The number of hydrogen-bond acceptors (Lipinski definition) is 3. The molecule has 0 amide bonds. The van der Waals surface area contributed by atoms with Gasteiger partial charge in [0.1, 0.15) is 5.82 Å². The Balaban J connectivity index is 1.95. The Kier molecular flexibility index (Phi) is 5.07. The van der Waals surface area contributed by atoms with Crippen LogP contribution < -0.4 is 5.32 Å². The minimum Gasteiger partial charge on any atom is -0.462 e. The highest BCUT2D eigenvalue weighted by Gasteiger charge is 2.22. The standard InChI is InChI=1S/C24H23FN2O2/c1-4-29-24(28)23-19-11-9-16(12-21(19)27(3)22(23)14-26-2)18-7-5-6-15-8-10-17(25)13-20(15)18/h5-13,26H,4,14H2,1-3H3. The first-order chi connectivity index (χ1) is 14.0. The van der Waals surface area contributed by atoms with Crippen LogP contribution in [0.3, 0.4) is 0 Å². The number of aromatic nitrogens is 1. The molecule has 29 heavy (non-hydrogen) atoms. The Morgan fingerprint density at radius 3 is 2.69 bits per heavy atom. The van der Waals surface area contributed by atoms with E-state index >= 15 is 0 Å². The van der Waals surface area contributed by atoms with E-state index in [1.807, 2.05) is 49.0 Å². The van der Waals surface area contributed by atoms with Crippen LogP contribution >= 0.6 is 0 Å². The Labute approximate surface area is 168 Å². The number of aryl methyl sites for hydroxylation is 1. The molecule has 0 saturated carbocycles. The molecule has 0 spiro atoms. The summed E-state index contributed by atoms with van der Waals surface area (Å²) in [7, 11) is 3.80. The molecule has 0 radical (unpaired) electrons. The fourth-order valence-corrected chi connectivity index (χ4v) is 3.96. The van der Waals surface area contributed by atoms with Gasteiger partial charge in [-0.3, -0.25) is 0 Å². The topological polar surface area (TPSA) is 43.3 Å². The van der Waals surface area contributed by atoms with E-state index in [0.29, 0.717) is 18.7 Å². The second-order valence-electron chi connectivity index (χ2n) is 7.03. The number of rotatable bonds is 5. The molecule has 0 aliphatic heterocycles. The molecule has 1 aromatic heterocycles.